The number of carbonyl (C=O) groups excluding carboxylic acids is 1. The van der Waals surface area contributed by atoms with Gasteiger partial charge in [0, 0.05) is 19.1 Å². The van der Waals surface area contributed by atoms with Gasteiger partial charge in [-0.05, 0) is 33.1 Å². The van der Waals surface area contributed by atoms with E-state index in [-0.39, 0.29) is 24.4 Å². The van der Waals surface area contributed by atoms with Gasteiger partial charge in [0.05, 0.1) is 0 Å². The molecule has 1 saturated heterocycles. The Morgan fingerprint density at radius 2 is 2.08 bits per heavy atom. The summed E-state index contributed by atoms with van der Waals surface area (Å²) in [4.78, 5) is 22.4. The summed E-state index contributed by atoms with van der Waals surface area (Å²) in [6.45, 7) is 4.62. The summed E-state index contributed by atoms with van der Waals surface area (Å²) in [6, 6.07) is -0.213. The van der Waals surface area contributed by atoms with E-state index in [1.54, 1.807) is 13.8 Å². The fourth-order valence-corrected chi connectivity index (χ4v) is 3.69. The molecule has 2 aliphatic rings. The van der Waals surface area contributed by atoms with Crippen molar-refractivity contribution in [3.63, 3.8) is 0 Å². The molecule has 1 fully saturated rings. The number of nitrogens with zero attached hydrogens (tertiary/aromatic N) is 3. The van der Waals surface area contributed by atoms with Crippen LogP contribution in [0.1, 0.15) is 33.1 Å². The number of ether oxygens (including phenoxy) is 1. The number of aromatic nitrogens is 2. The third kappa shape index (κ3) is 4.53. The number of fused-ring (bicyclic) bond motifs is 1. The van der Waals surface area contributed by atoms with Gasteiger partial charge < -0.3 is 15.0 Å². The van der Waals surface area contributed by atoms with Gasteiger partial charge in [0.15, 0.2) is 17.2 Å². The molecule has 12 heteroatoms. The van der Waals surface area contributed by atoms with Crippen molar-refractivity contribution in [3.8, 4) is 5.75 Å². The second-order valence-corrected chi connectivity index (χ2v) is 8.04. The zero-order valence-corrected chi connectivity index (χ0v) is 16.2. The highest BCUT2D eigenvalue weighted by Crippen LogP contribution is 2.39. The Balaban J connectivity index is 0.00000243. The molecule has 1 aromatic rings. The number of amides is 1. The van der Waals surface area contributed by atoms with Crippen molar-refractivity contribution in [1.29, 1.82) is 0 Å². The molecule has 4 N–H and O–H groups in total. The summed E-state index contributed by atoms with van der Waals surface area (Å²) in [5.74, 6) is 1.11. The minimum atomic E-state index is -3.72. The van der Waals surface area contributed by atoms with Gasteiger partial charge in [-0.15, -0.1) is 12.4 Å². The molecule has 0 aliphatic carbocycles. The number of halogens is 1. The Labute approximate surface area is 158 Å². The summed E-state index contributed by atoms with van der Waals surface area (Å²) in [5, 5.41) is 7.80. The summed E-state index contributed by atoms with van der Waals surface area (Å²) in [6.07, 6.45) is 3.41. The molecular weight excluding hydrogens is 384 g/mol. The van der Waals surface area contributed by atoms with E-state index in [1.165, 1.54) is 6.33 Å². The van der Waals surface area contributed by atoms with Crippen LogP contribution in [0.3, 0.4) is 0 Å². The Kier molecular flexibility index (Phi) is 5.95. The average Bonchev–Trinajstić information content (AvgIpc) is 2.71. The molecular formula is C14H23ClN6O4S. The number of anilines is 2. The smallest absolute Gasteiger partial charge is 0.274 e. The number of hydrogen-bond donors (Lipinski definition) is 3. The van der Waals surface area contributed by atoms with Crippen molar-refractivity contribution in [3.05, 3.63) is 6.33 Å². The fraction of sp³-hybridized carbons (Fsp3) is 0.643. The van der Waals surface area contributed by atoms with E-state index in [4.69, 9.17) is 9.88 Å². The van der Waals surface area contributed by atoms with Crippen LogP contribution in [0.25, 0.3) is 0 Å². The van der Waals surface area contributed by atoms with E-state index in [0.717, 1.165) is 6.42 Å². The topological polar surface area (TPSA) is 140 Å². The molecule has 3 rings (SSSR count). The lowest BCUT2D eigenvalue weighted by Gasteiger charge is -2.33. The van der Waals surface area contributed by atoms with Crippen molar-refractivity contribution >= 4 is 40.2 Å². The van der Waals surface area contributed by atoms with E-state index in [9.17, 15) is 13.2 Å². The molecule has 1 amide bonds. The van der Waals surface area contributed by atoms with Crippen molar-refractivity contribution in [2.45, 2.75) is 44.8 Å². The number of carbonyl (C=O) groups is 1. The van der Waals surface area contributed by atoms with Gasteiger partial charge >= 0.3 is 0 Å². The van der Waals surface area contributed by atoms with Crippen molar-refractivity contribution < 1.29 is 17.9 Å². The van der Waals surface area contributed by atoms with Crippen LogP contribution in [0.2, 0.25) is 0 Å². The quantitative estimate of drug-likeness (QED) is 0.649. The molecule has 3 heterocycles. The van der Waals surface area contributed by atoms with Gasteiger partial charge in [0.2, 0.25) is 5.75 Å². The first-order chi connectivity index (χ1) is 11.7. The highest BCUT2D eigenvalue weighted by molar-refractivity contribution is 7.87. The number of hydrogen-bond acceptors (Lipinski definition) is 7. The molecule has 0 radical (unpaired) electrons. The van der Waals surface area contributed by atoms with E-state index < -0.39 is 15.8 Å². The molecule has 26 heavy (non-hydrogen) atoms. The zero-order chi connectivity index (χ0) is 18.2. The molecule has 0 aromatic carbocycles. The van der Waals surface area contributed by atoms with Gasteiger partial charge in [0.1, 0.15) is 6.33 Å². The predicted molar refractivity (Wildman–Crippen MR) is 98.7 cm³/mol. The van der Waals surface area contributed by atoms with E-state index in [1.807, 2.05) is 4.90 Å². The summed E-state index contributed by atoms with van der Waals surface area (Å²) in [7, 11) is -3.72. The van der Waals surface area contributed by atoms with Gasteiger partial charge in [-0.2, -0.15) is 13.1 Å². The van der Waals surface area contributed by atoms with Crippen molar-refractivity contribution in [2.75, 3.05) is 23.3 Å². The Hall–Kier alpha value is -1.69. The van der Waals surface area contributed by atoms with Crippen LogP contribution in [0.4, 0.5) is 11.6 Å². The van der Waals surface area contributed by atoms with Crippen LogP contribution >= 0.6 is 12.4 Å². The fourth-order valence-electron chi connectivity index (χ4n) is 2.99. The number of nitrogens with one attached hydrogen (secondary N) is 2. The van der Waals surface area contributed by atoms with Crippen molar-refractivity contribution in [1.82, 2.24) is 14.7 Å². The third-order valence-electron chi connectivity index (χ3n) is 4.28. The van der Waals surface area contributed by atoms with Crippen LogP contribution < -0.4 is 24.8 Å². The Morgan fingerprint density at radius 3 is 2.77 bits per heavy atom. The molecule has 0 spiro atoms. The third-order valence-corrected chi connectivity index (χ3v) is 4.94. The first kappa shape index (κ1) is 20.6. The average molecular weight is 407 g/mol. The second-order valence-electron chi connectivity index (χ2n) is 6.72. The predicted octanol–water partition coefficient (Wildman–Crippen LogP) is 0.160. The monoisotopic (exact) mass is 406 g/mol. The number of nitrogens with two attached hydrogens (primary N) is 1. The van der Waals surface area contributed by atoms with Crippen LogP contribution in [-0.2, 0) is 15.0 Å². The normalized spacial score (nSPS) is 22.3. The summed E-state index contributed by atoms with van der Waals surface area (Å²) in [5.41, 5.74) is -1.02. The standard InChI is InChI=1S/C14H22N6O4S.ClH/c1-14(2)13(21)18-11-10(24-14)12(17-8-16-11)20-6-3-4-9(5-7-20)19-25(15,22)23;/h8-9,19H,3-7H2,1-2H3,(H2,15,22,23)(H,16,17,18,21);1H. The molecule has 1 unspecified atom stereocenters. The molecule has 0 saturated carbocycles. The van der Waals surface area contributed by atoms with Crippen LogP contribution in [0.5, 0.6) is 5.75 Å². The molecule has 10 nitrogen and oxygen atoms in total. The second kappa shape index (κ2) is 7.51. The van der Waals surface area contributed by atoms with Gasteiger partial charge in [-0.25, -0.2) is 15.1 Å². The molecule has 2 aliphatic heterocycles. The van der Waals surface area contributed by atoms with Crippen LogP contribution in [0.15, 0.2) is 6.33 Å². The highest BCUT2D eigenvalue weighted by atomic mass is 35.5. The van der Waals surface area contributed by atoms with Gasteiger partial charge in [-0.3, -0.25) is 4.79 Å². The Morgan fingerprint density at radius 1 is 1.35 bits per heavy atom. The molecule has 146 valence electrons. The SMILES string of the molecule is CC1(C)Oc2c(ncnc2N2CCCC(NS(N)(=O)=O)CC2)NC1=O.Cl. The maximum Gasteiger partial charge on any atom is 0.274 e. The first-order valence-electron chi connectivity index (χ1n) is 8.06. The zero-order valence-electron chi connectivity index (χ0n) is 14.6. The first-order valence-corrected chi connectivity index (χ1v) is 9.61. The van der Waals surface area contributed by atoms with E-state index in [2.05, 4.69) is 20.0 Å². The van der Waals surface area contributed by atoms with Crippen molar-refractivity contribution in [2.24, 2.45) is 5.14 Å². The van der Waals surface area contributed by atoms with E-state index in [0.29, 0.717) is 43.3 Å². The maximum absolute atomic E-state index is 12.0. The summed E-state index contributed by atoms with van der Waals surface area (Å²) < 4.78 is 30.8. The van der Waals surface area contributed by atoms with Gasteiger partial charge in [-0.1, -0.05) is 0 Å². The lowest BCUT2D eigenvalue weighted by molar-refractivity contribution is -0.129. The maximum atomic E-state index is 12.0. The van der Waals surface area contributed by atoms with Gasteiger partial charge in [0.25, 0.3) is 16.1 Å². The lowest BCUT2D eigenvalue weighted by Crippen LogP contribution is -2.46. The molecule has 0 bridgehead atoms. The van der Waals surface area contributed by atoms with E-state index >= 15 is 0 Å². The number of rotatable bonds is 3. The minimum absolute atomic E-state index is 0. The Bertz CT molecular complexity index is 788. The molecule has 1 atom stereocenters. The van der Waals surface area contributed by atoms with Crippen LogP contribution in [-0.4, -0.2) is 49.0 Å². The largest absolute Gasteiger partial charge is 0.470 e. The molecule has 1 aromatic heterocycles. The minimum Gasteiger partial charge on any atom is -0.470 e. The highest BCUT2D eigenvalue weighted by Gasteiger charge is 2.38. The summed E-state index contributed by atoms with van der Waals surface area (Å²) >= 11 is 0. The lowest BCUT2D eigenvalue weighted by atomic mass is 10.1. The van der Waals surface area contributed by atoms with Crippen LogP contribution in [0, 0.1) is 0 Å².